The van der Waals surface area contributed by atoms with Crippen molar-refractivity contribution in [2.24, 2.45) is 5.92 Å². The molecule has 0 aliphatic carbocycles. The number of carbonyl (C=O) groups is 2. The molecule has 0 radical (unpaired) electrons. The van der Waals surface area contributed by atoms with E-state index in [9.17, 15) is 18.4 Å². The van der Waals surface area contributed by atoms with E-state index in [0.29, 0.717) is 17.5 Å². The number of rotatable bonds is 5. The third-order valence-electron chi connectivity index (χ3n) is 4.20. The topological polar surface area (TPSA) is 58.6 Å². The average molecular weight is 374 g/mol. The molecule has 7 heteroatoms. The van der Waals surface area contributed by atoms with Crippen LogP contribution in [0.4, 0.5) is 20.2 Å². The highest BCUT2D eigenvalue weighted by molar-refractivity contribution is 6.04. The smallest absolute Gasteiger partial charge is 0.229 e. The summed E-state index contributed by atoms with van der Waals surface area (Å²) in [5, 5.41) is 2.43. The van der Waals surface area contributed by atoms with Crippen LogP contribution in [0.3, 0.4) is 0 Å². The van der Waals surface area contributed by atoms with Gasteiger partial charge in [-0.15, -0.1) is 0 Å². The number of hydrogen-bond acceptors (Lipinski definition) is 3. The Morgan fingerprint density at radius 1 is 1.22 bits per heavy atom. The lowest BCUT2D eigenvalue weighted by molar-refractivity contribution is -0.122. The molecule has 2 aromatic rings. The molecule has 27 heavy (non-hydrogen) atoms. The van der Waals surface area contributed by atoms with E-state index >= 15 is 0 Å². The van der Waals surface area contributed by atoms with Gasteiger partial charge < -0.3 is 15.0 Å². The highest BCUT2D eigenvalue weighted by Crippen LogP contribution is 2.34. The molecule has 3 rings (SSSR count). The SMILES string of the molecule is CC(C)Oc1ccccc1N1CC(C(=O)Nc2ccc(F)cc2F)CC1=O. The summed E-state index contributed by atoms with van der Waals surface area (Å²) in [7, 11) is 0. The molecule has 1 N–H and O–H groups in total. The van der Waals surface area contributed by atoms with Crippen LogP contribution in [-0.4, -0.2) is 24.5 Å². The Bertz CT molecular complexity index is 870. The fourth-order valence-corrected chi connectivity index (χ4v) is 2.98. The van der Waals surface area contributed by atoms with Gasteiger partial charge in [0.25, 0.3) is 0 Å². The predicted molar refractivity (Wildman–Crippen MR) is 97.7 cm³/mol. The first kappa shape index (κ1) is 18.8. The molecular formula is C20H20F2N2O3. The van der Waals surface area contributed by atoms with Crippen molar-refractivity contribution >= 4 is 23.2 Å². The van der Waals surface area contributed by atoms with Gasteiger partial charge in [0.2, 0.25) is 11.8 Å². The maximum atomic E-state index is 13.7. The van der Waals surface area contributed by atoms with Gasteiger partial charge in [0.15, 0.2) is 0 Å². The Labute approximate surface area is 155 Å². The van der Waals surface area contributed by atoms with Crippen LogP contribution in [-0.2, 0) is 9.59 Å². The molecule has 2 aromatic carbocycles. The second-order valence-corrected chi connectivity index (χ2v) is 6.65. The van der Waals surface area contributed by atoms with E-state index in [0.717, 1.165) is 12.1 Å². The number of amides is 2. The van der Waals surface area contributed by atoms with Crippen LogP contribution in [0.5, 0.6) is 5.75 Å². The number of halogens is 2. The van der Waals surface area contributed by atoms with Crippen LogP contribution >= 0.6 is 0 Å². The zero-order valence-electron chi connectivity index (χ0n) is 15.0. The summed E-state index contributed by atoms with van der Waals surface area (Å²) in [6.07, 6.45) is -0.0607. The third kappa shape index (κ3) is 4.24. The van der Waals surface area contributed by atoms with E-state index in [1.54, 1.807) is 18.2 Å². The quantitative estimate of drug-likeness (QED) is 0.867. The van der Waals surface area contributed by atoms with Crippen molar-refractivity contribution in [3.63, 3.8) is 0 Å². The normalized spacial score (nSPS) is 16.7. The van der Waals surface area contributed by atoms with Crippen molar-refractivity contribution in [3.8, 4) is 5.75 Å². The minimum absolute atomic E-state index is 0.00462. The Kier molecular flexibility index (Phi) is 5.39. The summed E-state index contributed by atoms with van der Waals surface area (Å²) in [4.78, 5) is 26.4. The van der Waals surface area contributed by atoms with E-state index in [4.69, 9.17) is 4.74 Å². The molecule has 1 aliphatic rings. The van der Waals surface area contributed by atoms with Crippen molar-refractivity contribution in [2.45, 2.75) is 26.4 Å². The van der Waals surface area contributed by atoms with Crippen molar-refractivity contribution in [3.05, 3.63) is 54.1 Å². The summed E-state index contributed by atoms with van der Waals surface area (Å²) < 4.78 is 32.5. The van der Waals surface area contributed by atoms with Crippen LogP contribution < -0.4 is 15.0 Å². The maximum Gasteiger partial charge on any atom is 0.229 e. The second kappa shape index (κ2) is 7.73. The van der Waals surface area contributed by atoms with Crippen LogP contribution in [0, 0.1) is 17.6 Å². The first-order valence-corrected chi connectivity index (χ1v) is 8.67. The molecule has 1 saturated heterocycles. The Morgan fingerprint density at radius 2 is 1.96 bits per heavy atom. The van der Waals surface area contributed by atoms with E-state index in [2.05, 4.69) is 5.32 Å². The number of nitrogens with zero attached hydrogens (tertiary/aromatic N) is 1. The van der Waals surface area contributed by atoms with E-state index in [1.807, 2.05) is 19.9 Å². The van der Waals surface area contributed by atoms with Crippen molar-refractivity contribution in [1.29, 1.82) is 0 Å². The van der Waals surface area contributed by atoms with Gasteiger partial charge in [0, 0.05) is 19.0 Å². The van der Waals surface area contributed by atoms with Crippen LogP contribution in [0.2, 0.25) is 0 Å². The fourth-order valence-electron chi connectivity index (χ4n) is 2.98. The molecule has 0 spiro atoms. The number of benzene rings is 2. The molecule has 142 valence electrons. The Morgan fingerprint density at radius 3 is 2.67 bits per heavy atom. The van der Waals surface area contributed by atoms with Gasteiger partial charge in [-0.3, -0.25) is 9.59 Å². The highest BCUT2D eigenvalue weighted by atomic mass is 19.1. The van der Waals surface area contributed by atoms with Crippen molar-refractivity contribution in [1.82, 2.24) is 0 Å². The van der Waals surface area contributed by atoms with Gasteiger partial charge in [0.05, 0.1) is 23.4 Å². The third-order valence-corrected chi connectivity index (χ3v) is 4.20. The van der Waals surface area contributed by atoms with E-state index < -0.39 is 23.5 Å². The molecule has 1 aliphatic heterocycles. The Balaban J connectivity index is 1.75. The molecule has 1 fully saturated rings. The van der Waals surface area contributed by atoms with Gasteiger partial charge in [-0.1, -0.05) is 12.1 Å². The lowest BCUT2D eigenvalue weighted by Crippen LogP contribution is -2.28. The standard InChI is InChI=1S/C20H20F2N2O3/c1-12(2)27-18-6-4-3-5-17(18)24-11-13(9-19(24)25)20(26)23-16-8-7-14(21)10-15(16)22/h3-8,10,12-13H,9,11H2,1-2H3,(H,23,26). The zero-order valence-corrected chi connectivity index (χ0v) is 15.0. The average Bonchev–Trinajstić information content (AvgIpc) is 2.99. The Hall–Kier alpha value is -2.96. The maximum absolute atomic E-state index is 13.7. The van der Waals surface area contributed by atoms with Gasteiger partial charge in [-0.05, 0) is 38.1 Å². The first-order valence-electron chi connectivity index (χ1n) is 8.67. The zero-order chi connectivity index (χ0) is 19.6. The summed E-state index contributed by atoms with van der Waals surface area (Å²) in [6.45, 7) is 3.93. The van der Waals surface area contributed by atoms with Gasteiger partial charge in [-0.2, -0.15) is 0 Å². The molecule has 0 saturated carbocycles. The number of ether oxygens (including phenoxy) is 1. The first-order chi connectivity index (χ1) is 12.8. The molecular weight excluding hydrogens is 354 g/mol. The van der Waals surface area contributed by atoms with Crippen molar-refractivity contribution in [2.75, 3.05) is 16.8 Å². The molecule has 1 atom stereocenters. The summed E-state index contributed by atoms with van der Waals surface area (Å²) >= 11 is 0. The number of carbonyl (C=O) groups excluding carboxylic acids is 2. The lowest BCUT2D eigenvalue weighted by atomic mass is 10.1. The van der Waals surface area contributed by atoms with E-state index in [1.165, 1.54) is 4.90 Å². The van der Waals surface area contributed by atoms with Gasteiger partial charge in [0.1, 0.15) is 17.4 Å². The summed E-state index contributed by atoms with van der Waals surface area (Å²) in [5.74, 6) is -2.37. The van der Waals surface area contributed by atoms with Gasteiger partial charge in [-0.25, -0.2) is 8.78 Å². The van der Waals surface area contributed by atoms with Crippen LogP contribution in [0.1, 0.15) is 20.3 Å². The van der Waals surface area contributed by atoms with Crippen LogP contribution in [0.25, 0.3) is 0 Å². The number of para-hydroxylation sites is 2. The molecule has 0 aromatic heterocycles. The molecule has 5 nitrogen and oxygen atoms in total. The second-order valence-electron chi connectivity index (χ2n) is 6.65. The minimum Gasteiger partial charge on any atom is -0.489 e. The monoisotopic (exact) mass is 374 g/mol. The lowest BCUT2D eigenvalue weighted by Gasteiger charge is -2.21. The number of hydrogen-bond donors (Lipinski definition) is 1. The predicted octanol–water partition coefficient (Wildman–Crippen LogP) is 3.74. The number of anilines is 2. The summed E-state index contributed by atoms with van der Waals surface area (Å²) in [6, 6.07) is 10.0. The minimum atomic E-state index is -0.861. The molecule has 1 unspecified atom stereocenters. The van der Waals surface area contributed by atoms with Gasteiger partial charge >= 0.3 is 0 Å². The highest BCUT2D eigenvalue weighted by Gasteiger charge is 2.36. The van der Waals surface area contributed by atoms with E-state index in [-0.39, 0.29) is 30.7 Å². The van der Waals surface area contributed by atoms with Crippen molar-refractivity contribution < 1.29 is 23.1 Å². The molecule has 2 amide bonds. The molecule has 1 heterocycles. The largest absolute Gasteiger partial charge is 0.489 e. The fraction of sp³-hybridized carbons (Fsp3) is 0.300. The number of nitrogens with one attached hydrogen (secondary N) is 1. The van der Waals surface area contributed by atoms with Crippen LogP contribution in [0.15, 0.2) is 42.5 Å². The molecule has 0 bridgehead atoms. The summed E-state index contributed by atoms with van der Waals surface area (Å²) in [5.41, 5.74) is 0.482.